The first-order valence-corrected chi connectivity index (χ1v) is 7.36. The molecule has 0 saturated carbocycles. The van der Waals surface area contributed by atoms with Crippen molar-refractivity contribution in [2.45, 2.75) is 45.8 Å². The van der Waals surface area contributed by atoms with Gasteiger partial charge < -0.3 is 14.4 Å². The number of carbonyl (C=O) groups is 2. The molecule has 0 aromatic carbocycles. The molecule has 0 bridgehead atoms. The van der Waals surface area contributed by atoms with Gasteiger partial charge in [-0.2, -0.15) is 0 Å². The summed E-state index contributed by atoms with van der Waals surface area (Å²) in [6.07, 6.45) is 1.44. The van der Waals surface area contributed by atoms with Gasteiger partial charge in [0.25, 0.3) is 0 Å². The Labute approximate surface area is 130 Å². The summed E-state index contributed by atoms with van der Waals surface area (Å²) in [5, 5.41) is 0. The smallest absolute Gasteiger partial charge is 0.410 e. The van der Waals surface area contributed by atoms with Gasteiger partial charge in [-0.1, -0.05) is 0 Å². The largest absolute Gasteiger partial charge is 0.457 e. The molecule has 1 aromatic heterocycles. The number of pyridine rings is 1. The Hall–Kier alpha value is -2.11. The predicted octanol–water partition coefficient (Wildman–Crippen LogP) is 2.56. The van der Waals surface area contributed by atoms with Gasteiger partial charge in [0.1, 0.15) is 11.7 Å². The van der Waals surface area contributed by atoms with E-state index < -0.39 is 11.6 Å². The third-order valence-corrected chi connectivity index (χ3v) is 3.22. The van der Waals surface area contributed by atoms with Crippen LogP contribution in [0.25, 0.3) is 0 Å². The van der Waals surface area contributed by atoms with E-state index >= 15 is 0 Å². The van der Waals surface area contributed by atoms with Crippen molar-refractivity contribution in [2.75, 3.05) is 13.1 Å². The fraction of sp³-hybridized carbons (Fsp3) is 0.562. The van der Waals surface area contributed by atoms with Crippen LogP contribution in [-0.2, 0) is 9.47 Å². The number of hydrogen-bond donors (Lipinski definition) is 0. The van der Waals surface area contributed by atoms with E-state index in [1.807, 2.05) is 27.7 Å². The number of rotatable bonds is 2. The molecule has 2 rings (SSSR count). The second kappa shape index (κ2) is 6.34. The van der Waals surface area contributed by atoms with Crippen molar-refractivity contribution < 1.29 is 19.1 Å². The maximum atomic E-state index is 12.0. The van der Waals surface area contributed by atoms with Gasteiger partial charge in [-0.3, -0.25) is 4.98 Å². The van der Waals surface area contributed by atoms with Crippen molar-refractivity contribution in [3.63, 3.8) is 0 Å². The summed E-state index contributed by atoms with van der Waals surface area (Å²) in [6.45, 7) is 8.21. The molecule has 0 radical (unpaired) electrons. The van der Waals surface area contributed by atoms with E-state index in [2.05, 4.69) is 4.98 Å². The molecular weight excluding hydrogens is 284 g/mol. The molecule has 6 nitrogen and oxygen atoms in total. The number of esters is 1. The minimum absolute atomic E-state index is 0.304. The highest BCUT2D eigenvalue weighted by molar-refractivity contribution is 5.89. The maximum absolute atomic E-state index is 12.0. The molecule has 0 aliphatic carbocycles. The Morgan fingerprint density at radius 2 is 2.05 bits per heavy atom. The molecule has 1 aliphatic rings. The first-order chi connectivity index (χ1) is 10.2. The van der Waals surface area contributed by atoms with Crippen LogP contribution in [0.1, 0.15) is 43.2 Å². The van der Waals surface area contributed by atoms with Gasteiger partial charge in [0.15, 0.2) is 0 Å². The zero-order valence-corrected chi connectivity index (χ0v) is 13.5. The van der Waals surface area contributed by atoms with Crippen LogP contribution >= 0.6 is 0 Å². The fourth-order valence-electron chi connectivity index (χ4n) is 2.12. The van der Waals surface area contributed by atoms with Gasteiger partial charge in [0, 0.05) is 24.9 Å². The number of carbonyl (C=O) groups excluding carboxylic acids is 2. The summed E-state index contributed by atoms with van der Waals surface area (Å²) < 4.78 is 10.7. The standard InChI is InChI=1S/C16H22N2O4/c1-11-5-6-12(9-17-11)14(19)21-13-7-8-18(10-13)15(20)22-16(2,3)4/h5-6,9,13H,7-8,10H2,1-4H3/t13-/m1/s1. The molecular formula is C16H22N2O4. The molecule has 0 unspecified atom stereocenters. The number of hydrogen-bond acceptors (Lipinski definition) is 5. The van der Waals surface area contributed by atoms with Gasteiger partial charge in [-0.05, 0) is 39.8 Å². The summed E-state index contributed by atoms with van der Waals surface area (Å²) in [5.74, 6) is -0.413. The van der Waals surface area contributed by atoms with Crippen molar-refractivity contribution >= 4 is 12.1 Å². The van der Waals surface area contributed by atoms with Gasteiger partial charge in [0.2, 0.25) is 0 Å². The Balaban J connectivity index is 1.87. The van der Waals surface area contributed by atoms with Crippen LogP contribution in [0.4, 0.5) is 4.79 Å². The summed E-state index contributed by atoms with van der Waals surface area (Å²) in [5.41, 5.74) is 0.731. The Morgan fingerprint density at radius 1 is 1.32 bits per heavy atom. The van der Waals surface area contributed by atoms with E-state index in [1.165, 1.54) is 6.20 Å². The predicted molar refractivity (Wildman–Crippen MR) is 80.6 cm³/mol. The summed E-state index contributed by atoms with van der Waals surface area (Å²) in [4.78, 5) is 29.6. The Kier molecular flexibility index (Phi) is 4.68. The number of aromatic nitrogens is 1. The molecule has 2 heterocycles. The number of ether oxygens (including phenoxy) is 2. The minimum atomic E-state index is -0.528. The summed E-state index contributed by atoms with van der Waals surface area (Å²) >= 11 is 0. The number of aryl methyl sites for hydroxylation is 1. The molecule has 0 spiro atoms. The molecule has 1 aliphatic heterocycles. The highest BCUT2D eigenvalue weighted by Crippen LogP contribution is 2.18. The molecule has 1 atom stereocenters. The molecule has 1 aromatic rings. The lowest BCUT2D eigenvalue weighted by atomic mass is 10.2. The quantitative estimate of drug-likeness (QED) is 0.785. The van der Waals surface area contributed by atoms with Crippen LogP contribution in [0, 0.1) is 6.92 Å². The highest BCUT2D eigenvalue weighted by atomic mass is 16.6. The second-order valence-corrected chi connectivity index (χ2v) is 6.43. The average molecular weight is 306 g/mol. The minimum Gasteiger partial charge on any atom is -0.457 e. The molecule has 6 heteroatoms. The van der Waals surface area contributed by atoms with E-state index in [9.17, 15) is 9.59 Å². The van der Waals surface area contributed by atoms with E-state index in [1.54, 1.807) is 17.0 Å². The van der Waals surface area contributed by atoms with Gasteiger partial charge in [-0.15, -0.1) is 0 Å². The van der Waals surface area contributed by atoms with Crippen molar-refractivity contribution in [3.8, 4) is 0 Å². The number of nitrogens with zero attached hydrogens (tertiary/aromatic N) is 2. The monoisotopic (exact) mass is 306 g/mol. The van der Waals surface area contributed by atoms with Crippen LogP contribution < -0.4 is 0 Å². The van der Waals surface area contributed by atoms with Crippen LogP contribution in [0.15, 0.2) is 18.3 Å². The van der Waals surface area contributed by atoms with Crippen molar-refractivity contribution in [1.82, 2.24) is 9.88 Å². The van der Waals surface area contributed by atoms with Crippen molar-refractivity contribution in [3.05, 3.63) is 29.6 Å². The normalized spacial score (nSPS) is 18.2. The van der Waals surface area contributed by atoms with Crippen molar-refractivity contribution in [1.29, 1.82) is 0 Å². The second-order valence-electron chi connectivity index (χ2n) is 6.43. The number of likely N-dealkylation sites (tertiary alicyclic amines) is 1. The third-order valence-electron chi connectivity index (χ3n) is 3.22. The summed E-state index contributed by atoms with van der Waals surface area (Å²) in [6, 6.07) is 3.45. The molecule has 1 amide bonds. The average Bonchev–Trinajstić information content (AvgIpc) is 2.86. The Bertz CT molecular complexity index is 548. The van der Waals surface area contributed by atoms with Crippen LogP contribution in [-0.4, -0.2) is 46.7 Å². The van der Waals surface area contributed by atoms with E-state index in [4.69, 9.17) is 9.47 Å². The van der Waals surface area contributed by atoms with Gasteiger partial charge in [0.05, 0.1) is 12.1 Å². The topological polar surface area (TPSA) is 68.7 Å². The van der Waals surface area contributed by atoms with E-state index in [0.29, 0.717) is 25.1 Å². The third kappa shape index (κ3) is 4.44. The zero-order chi connectivity index (χ0) is 16.3. The SMILES string of the molecule is Cc1ccc(C(=O)O[C@@H]2CCN(C(=O)OC(C)(C)C)C2)cn1. The Morgan fingerprint density at radius 3 is 2.64 bits per heavy atom. The number of amides is 1. The van der Waals surface area contributed by atoms with Gasteiger partial charge in [-0.25, -0.2) is 9.59 Å². The first kappa shape index (κ1) is 16.3. The maximum Gasteiger partial charge on any atom is 0.410 e. The van der Waals surface area contributed by atoms with E-state index in [0.717, 1.165) is 5.69 Å². The fourth-order valence-corrected chi connectivity index (χ4v) is 2.12. The van der Waals surface area contributed by atoms with Crippen molar-refractivity contribution in [2.24, 2.45) is 0 Å². The zero-order valence-electron chi connectivity index (χ0n) is 13.5. The first-order valence-electron chi connectivity index (χ1n) is 7.36. The van der Waals surface area contributed by atoms with Gasteiger partial charge >= 0.3 is 12.1 Å². The highest BCUT2D eigenvalue weighted by Gasteiger charge is 2.31. The molecule has 0 N–H and O–H groups in total. The lowest BCUT2D eigenvalue weighted by Gasteiger charge is -2.24. The van der Waals surface area contributed by atoms with E-state index in [-0.39, 0.29) is 12.2 Å². The molecule has 22 heavy (non-hydrogen) atoms. The molecule has 1 fully saturated rings. The molecule has 120 valence electrons. The summed E-state index contributed by atoms with van der Waals surface area (Å²) in [7, 11) is 0. The van der Waals surface area contributed by atoms with Crippen LogP contribution in [0.3, 0.4) is 0 Å². The lowest BCUT2D eigenvalue weighted by Crippen LogP contribution is -2.36. The lowest BCUT2D eigenvalue weighted by molar-refractivity contribution is 0.0191. The van der Waals surface area contributed by atoms with Crippen LogP contribution in [0.2, 0.25) is 0 Å². The molecule has 1 saturated heterocycles. The van der Waals surface area contributed by atoms with Crippen LogP contribution in [0.5, 0.6) is 0 Å².